The monoisotopic (exact) mass is 289 g/mol. The Morgan fingerprint density at radius 3 is 3.10 bits per heavy atom. The molecule has 1 fully saturated rings. The van der Waals surface area contributed by atoms with Crippen molar-refractivity contribution in [3.8, 4) is 0 Å². The van der Waals surface area contributed by atoms with Crippen molar-refractivity contribution in [2.75, 3.05) is 43.7 Å². The molecule has 1 aliphatic rings. The van der Waals surface area contributed by atoms with Crippen molar-refractivity contribution in [3.63, 3.8) is 0 Å². The maximum absolute atomic E-state index is 9.33. The van der Waals surface area contributed by atoms with Gasteiger partial charge in [0.1, 0.15) is 0 Å². The van der Waals surface area contributed by atoms with E-state index in [0.29, 0.717) is 18.4 Å². The van der Waals surface area contributed by atoms with E-state index in [9.17, 15) is 5.21 Å². The van der Waals surface area contributed by atoms with E-state index < -0.39 is 0 Å². The van der Waals surface area contributed by atoms with E-state index in [0.717, 1.165) is 30.5 Å². The Labute approximate surface area is 122 Å². The lowest BCUT2D eigenvalue weighted by atomic mass is 10.2. The Bertz CT molecular complexity index is 619. The van der Waals surface area contributed by atoms with Crippen LogP contribution in [0.1, 0.15) is 0 Å². The van der Waals surface area contributed by atoms with Gasteiger partial charge in [-0.25, -0.2) is 4.98 Å². The normalized spacial score (nSPS) is 19.0. The molecule has 3 rings (SSSR count). The van der Waals surface area contributed by atoms with Crippen LogP contribution in [0, 0.1) is 0 Å². The molecule has 0 spiro atoms. The third-order valence-corrected chi connectivity index (χ3v) is 3.66. The van der Waals surface area contributed by atoms with Crippen LogP contribution in [0.15, 0.2) is 24.3 Å². The maximum Gasteiger partial charge on any atom is 0.228 e. The molecule has 1 aromatic carbocycles. The lowest BCUT2D eigenvalue weighted by molar-refractivity contribution is 0.170. The fourth-order valence-corrected chi connectivity index (χ4v) is 2.64. The van der Waals surface area contributed by atoms with Crippen molar-refractivity contribution in [2.24, 2.45) is 0 Å². The number of para-hydroxylation sites is 1. The molecule has 2 heterocycles. The molecule has 0 aliphatic carbocycles. The largest absolute Gasteiger partial charge is 0.382 e. The second-order valence-corrected chi connectivity index (χ2v) is 5.01. The van der Waals surface area contributed by atoms with Gasteiger partial charge in [-0.2, -0.15) is 4.98 Å². The number of nitrogens with one attached hydrogen (secondary N) is 2. The first-order chi connectivity index (χ1) is 10.3. The number of fused-ring (bicyclic) bond motifs is 1. The molecule has 7 nitrogen and oxygen atoms in total. The van der Waals surface area contributed by atoms with E-state index in [4.69, 9.17) is 4.74 Å². The molecule has 0 amide bonds. The van der Waals surface area contributed by atoms with E-state index >= 15 is 0 Å². The third-order valence-electron chi connectivity index (χ3n) is 3.66. The maximum atomic E-state index is 9.33. The summed E-state index contributed by atoms with van der Waals surface area (Å²) in [5.74, 6) is 1.03. The summed E-state index contributed by atoms with van der Waals surface area (Å²) in [6, 6.07) is 7.78. The summed E-state index contributed by atoms with van der Waals surface area (Å²) in [7, 11) is 1.69. The van der Waals surface area contributed by atoms with Gasteiger partial charge in [0, 0.05) is 32.1 Å². The third kappa shape index (κ3) is 2.76. The Kier molecular flexibility index (Phi) is 4.14. The molecule has 1 saturated heterocycles. The molecule has 2 aromatic rings. The molecule has 0 radical (unpaired) electrons. The standard InChI is InChI=1S/C14H19N5O2/c1-21-9-10-8-15-6-7-19(10)14-16-12-5-3-2-4-11(12)13(17-14)18-20/h2-5,10,15,20H,6-9H2,1H3,(H,16,17,18)/t10-/m1/s1. The lowest BCUT2D eigenvalue weighted by Gasteiger charge is -2.36. The number of benzene rings is 1. The smallest absolute Gasteiger partial charge is 0.228 e. The molecule has 7 heteroatoms. The van der Waals surface area contributed by atoms with Gasteiger partial charge in [0.25, 0.3) is 0 Å². The summed E-state index contributed by atoms with van der Waals surface area (Å²) in [6.07, 6.45) is 0. The van der Waals surface area contributed by atoms with Gasteiger partial charge in [0.2, 0.25) is 5.95 Å². The van der Waals surface area contributed by atoms with E-state index in [1.165, 1.54) is 0 Å². The first-order valence-corrected chi connectivity index (χ1v) is 6.96. The molecular weight excluding hydrogens is 270 g/mol. The van der Waals surface area contributed by atoms with E-state index in [1.54, 1.807) is 7.11 Å². The van der Waals surface area contributed by atoms with Gasteiger partial charge >= 0.3 is 0 Å². The van der Waals surface area contributed by atoms with Crippen molar-refractivity contribution in [1.82, 2.24) is 15.3 Å². The van der Waals surface area contributed by atoms with Crippen LogP contribution in [0.3, 0.4) is 0 Å². The molecule has 1 atom stereocenters. The van der Waals surface area contributed by atoms with E-state index in [-0.39, 0.29) is 6.04 Å². The highest BCUT2D eigenvalue weighted by molar-refractivity contribution is 5.89. The van der Waals surface area contributed by atoms with Gasteiger partial charge in [-0.05, 0) is 12.1 Å². The number of rotatable bonds is 4. The number of hydrogen-bond acceptors (Lipinski definition) is 7. The summed E-state index contributed by atoms with van der Waals surface area (Å²) < 4.78 is 5.27. The van der Waals surface area contributed by atoms with Crippen molar-refractivity contribution >= 4 is 22.7 Å². The lowest BCUT2D eigenvalue weighted by Crippen LogP contribution is -2.54. The number of nitrogens with zero attached hydrogens (tertiary/aromatic N) is 3. The fraction of sp³-hybridized carbons (Fsp3) is 0.429. The van der Waals surface area contributed by atoms with Crippen LogP contribution in [0.4, 0.5) is 11.8 Å². The minimum atomic E-state index is 0.177. The Balaban J connectivity index is 2.02. The molecule has 3 N–H and O–H groups in total. The molecular formula is C14H19N5O2. The van der Waals surface area contributed by atoms with Gasteiger partial charge in [-0.1, -0.05) is 12.1 Å². The van der Waals surface area contributed by atoms with Gasteiger partial charge in [-0.15, -0.1) is 0 Å². The van der Waals surface area contributed by atoms with Gasteiger partial charge in [-0.3, -0.25) is 10.7 Å². The number of methoxy groups -OCH3 is 1. The average molecular weight is 289 g/mol. The van der Waals surface area contributed by atoms with Crippen molar-refractivity contribution in [3.05, 3.63) is 24.3 Å². The number of anilines is 2. The van der Waals surface area contributed by atoms with Crippen LogP contribution < -0.4 is 15.7 Å². The fourth-order valence-electron chi connectivity index (χ4n) is 2.64. The van der Waals surface area contributed by atoms with Crippen molar-refractivity contribution < 1.29 is 9.94 Å². The molecule has 1 aliphatic heterocycles. The van der Waals surface area contributed by atoms with Crippen LogP contribution in [-0.4, -0.2) is 54.6 Å². The average Bonchev–Trinajstić information content (AvgIpc) is 2.54. The van der Waals surface area contributed by atoms with Crippen molar-refractivity contribution in [2.45, 2.75) is 6.04 Å². The number of ether oxygens (including phenoxy) is 1. The molecule has 21 heavy (non-hydrogen) atoms. The Hall–Kier alpha value is -1.96. The molecule has 0 unspecified atom stereocenters. The van der Waals surface area contributed by atoms with Gasteiger partial charge < -0.3 is 15.0 Å². The zero-order chi connectivity index (χ0) is 14.7. The molecule has 112 valence electrons. The topological polar surface area (TPSA) is 82.5 Å². The van der Waals surface area contributed by atoms with Gasteiger partial charge in [0.05, 0.1) is 18.2 Å². The Morgan fingerprint density at radius 2 is 2.29 bits per heavy atom. The highest BCUT2D eigenvalue weighted by Crippen LogP contribution is 2.24. The number of piperazine rings is 1. The van der Waals surface area contributed by atoms with Crippen molar-refractivity contribution in [1.29, 1.82) is 0 Å². The van der Waals surface area contributed by atoms with Crippen LogP contribution in [-0.2, 0) is 4.74 Å². The van der Waals surface area contributed by atoms with E-state index in [2.05, 4.69) is 25.7 Å². The molecule has 0 bridgehead atoms. The number of hydrogen-bond donors (Lipinski definition) is 3. The summed E-state index contributed by atoms with van der Waals surface area (Å²) >= 11 is 0. The number of aromatic nitrogens is 2. The summed E-state index contributed by atoms with van der Waals surface area (Å²) in [5.41, 5.74) is 2.97. The SMILES string of the molecule is COC[C@H]1CNCCN1c1nc(NO)c2ccccc2n1. The summed E-state index contributed by atoms with van der Waals surface area (Å²) in [6.45, 7) is 3.10. The predicted molar refractivity (Wildman–Crippen MR) is 80.8 cm³/mol. The van der Waals surface area contributed by atoms with Gasteiger partial charge in [0.15, 0.2) is 5.82 Å². The summed E-state index contributed by atoms with van der Waals surface area (Å²) in [4.78, 5) is 11.2. The zero-order valence-corrected chi connectivity index (χ0v) is 11.9. The highest BCUT2D eigenvalue weighted by Gasteiger charge is 2.25. The summed E-state index contributed by atoms with van der Waals surface area (Å²) in [5, 5.41) is 13.5. The first-order valence-electron chi connectivity index (χ1n) is 6.96. The van der Waals surface area contributed by atoms with Crippen LogP contribution in [0.25, 0.3) is 10.9 Å². The first kappa shape index (κ1) is 14.0. The molecule has 1 aromatic heterocycles. The quantitative estimate of drug-likeness (QED) is 0.720. The minimum absolute atomic E-state index is 0.177. The van der Waals surface area contributed by atoms with Crippen LogP contribution in [0.2, 0.25) is 0 Å². The second-order valence-electron chi connectivity index (χ2n) is 5.01. The molecule has 0 saturated carbocycles. The van der Waals surface area contributed by atoms with Crippen LogP contribution in [0.5, 0.6) is 0 Å². The van der Waals surface area contributed by atoms with E-state index in [1.807, 2.05) is 24.3 Å². The van der Waals surface area contributed by atoms with Crippen LogP contribution >= 0.6 is 0 Å². The Morgan fingerprint density at radius 1 is 1.43 bits per heavy atom. The zero-order valence-electron chi connectivity index (χ0n) is 11.9. The highest BCUT2D eigenvalue weighted by atomic mass is 16.5. The minimum Gasteiger partial charge on any atom is -0.382 e. The second kappa shape index (κ2) is 6.21. The predicted octanol–water partition coefficient (Wildman–Crippen LogP) is 0.856.